The van der Waals surface area contributed by atoms with E-state index in [0.717, 1.165) is 24.1 Å². The van der Waals surface area contributed by atoms with Crippen LogP contribution in [0.4, 0.5) is 0 Å². The molecule has 5 nitrogen and oxygen atoms in total. The first-order chi connectivity index (χ1) is 9.00. The first kappa shape index (κ1) is 13.7. The highest BCUT2D eigenvalue weighted by molar-refractivity contribution is 7.90. The van der Waals surface area contributed by atoms with Crippen LogP contribution in [0.5, 0.6) is 0 Å². The summed E-state index contributed by atoms with van der Waals surface area (Å²) in [4.78, 5) is 0.354. The zero-order valence-electron chi connectivity index (χ0n) is 11.0. The Morgan fingerprint density at radius 1 is 1.26 bits per heavy atom. The van der Waals surface area contributed by atoms with Gasteiger partial charge in [0.15, 0.2) is 9.84 Å². The number of nitrogens with zero attached hydrogens (tertiary/aromatic N) is 2. The maximum atomic E-state index is 11.4. The van der Waals surface area contributed by atoms with E-state index < -0.39 is 9.84 Å². The van der Waals surface area contributed by atoms with Gasteiger partial charge in [-0.25, -0.2) is 8.42 Å². The summed E-state index contributed by atoms with van der Waals surface area (Å²) in [6.07, 6.45) is 4.69. The van der Waals surface area contributed by atoms with Gasteiger partial charge in [0.1, 0.15) is 0 Å². The van der Waals surface area contributed by atoms with Crippen molar-refractivity contribution in [1.82, 2.24) is 15.4 Å². The van der Waals surface area contributed by atoms with E-state index in [2.05, 4.69) is 22.3 Å². The van der Waals surface area contributed by atoms with Crippen molar-refractivity contribution in [2.45, 2.75) is 30.6 Å². The monoisotopic (exact) mass is 279 g/mol. The Morgan fingerprint density at radius 3 is 2.42 bits per heavy atom. The maximum absolute atomic E-state index is 11.4. The summed E-state index contributed by atoms with van der Waals surface area (Å²) in [5, 5.41) is 10.4. The molecule has 1 aromatic carbocycles. The average Bonchev–Trinajstić information content (AvgIpc) is 2.88. The third kappa shape index (κ3) is 3.41. The molecule has 1 heterocycles. The quantitative estimate of drug-likeness (QED) is 0.907. The molecule has 0 bridgehead atoms. The lowest BCUT2D eigenvalue weighted by atomic mass is 9.92. The molecule has 1 atom stereocenters. The average molecular weight is 279 g/mol. The number of hydrogen-bond donors (Lipinski definition) is 1. The summed E-state index contributed by atoms with van der Waals surface area (Å²) in [6, 6.07) is 7.08. The first-order valence-corrected chi connectivity index (χ1v) is 8.04. The van der Waals surface area contributed by atoms with Crippen molar-refractivity contribution in [3.05, 3.63) is 41.7 Å². The molecular weight excluding hydrogens is 262 g/mol. The second kappa shape index (κ2) is 5.52. The van der Waals surface area contributed by atoms with Crippen LogP contribution >= 0.6 is 0 Å². The Labute approximate surface area is 113 Å². The summed E-state index contributed by atoms with van der Waals surface area (Å²) in [5.41, 5.74) is 2.04. The lowest BCUT2D eigenvalue weighted by Crippen LogP contribution is -2.03. The fourth-order valence-electron chi connectivity index (χ4n) is 2.06. The van der Waals surface area contributed by atoms with Gasteiger partial charge in [-0.15, -0.1) is 0 Å². The van der Waals surface area contributed by atoms with E-state index in [4.69, 9.17) is 0 Å². The number of H-pyrrole nitrogens is 1. The van der Waals surface area contributed by atoms with Crippen LogP contribution < -0.4 is 0 Å². The highest BCUT2D eigenvalue weighted by Crippen LogP contribution is 2.24. The lowest BCUT2D eigenvalue weighted by molar-refractivity contribution is 0.601. The van der Waals surface area contributed by atoms with Crippen molar-refractivity contribution < 1.29 is 8.42 Å². The number of sulfone groups is 1. The van der Waals surface area contributed by atoms with Crippen LogP contribution in [0.15, 0.2) is 35.4 Å². The van der Waals surface area contributed by atoms with Crippen molar-refractivity contribution >= 4 is 9.84 Å². The predicted octanol–water partition coefficient (Wildman–Crippen LogP) is 1.94. The fraction of sp³-hybridized carbons (Fsp3) is 0.385. The third-order valence-electron chi connectivity index (χ3n) is 3.19. The summed E-state index contributed by atoms with van der Waals surface area (Å²) in [7, 11) is -3.13. The number of nitrogens with one attached hydrogen (secondary N) is 1. The van der Waals surface area contributed by atoms with Crippen molar-refractivity contribution in [3.63, 3.8) is 0 Å². The number of aromatic amines is 1. The molecule has 0 fully saturated rings. The van der Waals surface area contributed by atoms with Crippen molar-refractivity contribution in [3.8, 4) is 0 Å². The van der Waals surface area contributed by atoms with Crippen LogP contribution in [0, 0.1) is 0 Å². The minimum atomic E-state index is -3.13. The zero-order chi connectivity index (χ0) is 13.9. The van der Waals surface area contributed by atoms with E-state index in [1.54, 1.807) is 18.3 Å². The minimum Gasteiger partial charge on any atom is -0.224 e. The summed E-state index contributed by atoms with van der Waals surface area (Å²) in [5.74, 6) is 0.318. The maximum Gasteiger partial charge on any atom is 0.175 e. The van der Waals surface area contributed by atoms with Crippen LogP contribution in [0.3, 0.4) is 0 Å². The molecule has 19 heavy (non-hydrogen) atoms. The standard InChI is InChI=1S/C13H17N3O2S/c1-3-10(8-12-9-14-16-15-12)11-4-6-13(7-5-11)19(2,17)18/h4-7,9-10H,3,8H2,1-2H3,(H,14,15,16). The molecule has 2 aromatic rings. The Balaban J connectivity index is 2.20. The normalized spacial score (nSPS) is 13.4. The largest absolute Gasteiger partial charge is 0.224 e. The zero-order valence-corrected chi connectivity index (χ0v) is 11.8. The SMILES string of the molecule is CCC(Cc1cn[nH]n1)c1ccc(S(C)(=O)=O)cc1. The number of hydrogen-bond acceptors (Lipinski definition) is 4. The molecule has 0 amide bonds. The summed E-state index contributed by atoms with van der Waals surface area (Å²) >= 11 is 0. The second-order valence-electron chi connectivity index (χ2n) is 4.61. The van der Waals surface area contributed by atoms with Gasteiger partial charge in [-0.05, 0) is 36.5 Å². The van der Waals surface area contributed by atoms with Crippen molar-refractivity contribution in [1.29, 1.82) is 0 Å². The Kier molecular flexibility index (Phi) is 3.99. The molecule has 0 spiro atoms. The molecule has 0 aliphatic rings. The van der Waals surface area contributed by atoms with Gasteiger partial charge in [-0.3, -0.25) is 0 Å². The molecule has 6 heteroatoms. The van der Waals surface area contributed by atoms with Gasteiger partial charge in [0.25, 0.3) is 0 Å². The van der Waals surface area contributed by atoms with Crippen LogP contribution in [0.25, 0.3) is 0 Å². The molecule has 0 saturated carbocycles. The molecule has 1 N–H and O–H groups in total. The van der Waals surface area contributed by atoms with Gasteiger partial charge in [0.05, 0.1) is 16.8 Å². The number of benzene rings is 1. The highest BCUT2D eigenvalue weighted by atomic mass is 32.2. The number of rotatable bonds is 5. The van der Waals surface area contributed by atoms with E-state index in [0.29, 0.717) is 10.8 Å². The summed E-state index contributed by atoms with van der Waals surface area (Å²) in [6.45, 7) is 2.11. The van der Waals surface area contributed by atoms with E-state index >= 15 is 0 Å². The Bertz CT molecular complexity index is 618. The van der Waals surface area contributed by atoms with Crippen LogP contribution in [0.2, 0.25) is 0 Å². The fourth-order valence-corrected chi connectivity index (χ4v) is 2.69. The van der Waals surface area contributed by atoms with Gasteiger partial charge in [-0.1, -0.05) is 19.1 Å². The van der Waals surface area contributed by atoms with E-state index in [-0.39, 0.29) is 0 Å². The molecule has 1 aromatic heterocycles. The molecule has 2 rings (SSSR count). The number of aromatic nitrogens is 3. The molecule has 0 saturated heterocycles. The van der Waals surface area contributed by atoms with E-state index in [1.165, 1.54) is 6.26 Å². The second-order valence-corrected chi connectivity index (χ2v) is 6.63. The predicted molar refractivity (Wildman–Crippen MR) is 72.7 cm³/mol. The topological polar surface area (TPSA) is 75.7 Å². The molecule has 0 radical (unpaired) electrons. The van der Waals surface area contributed by atoms with E-state index in [9.17, 15) is 8.42 Å². The molecule has 0 aliphatic heterocycles. The van der Waals surface area contributed by atoms with Crippen LogP contribution in [0.1, 0.15) is 30.5 Å². The van der Waals surface area contributed by atoms with Crippen molar-refractivity contribution in [2.24, 2.45) is 0 Å². The minimum absolute atomic E-state index is 0.318. The molecule has 0 aliphatic carbocycles. The highest BCUT2D eigenvalue weighted by Gasteiger charge is 2.13. The smallest absolute Gasteiger partial charge is 0.175 e. The Hall–Kier alpha value is -1.69. The van der Waals surface area contributed by atoms with Crippen LogP contribution in [-0.4, -0.2) is 30.1 Å². The van der Waals surface area contributed by atoms with E-state index in [1.807, 2.05) is 12.1 Å². The molecule has 1 unspecified atom stereocenters. The van der Waals surface area contributed by atoms with Gasteiger partial charge < -0.3 is 0 Å². The van der Waals surface area contributed by atoms with Crippen LogP contribution in [-0.2, 0) is 16.3 Å². The molecule has 102 valence electrons. The molecular formula is C13H17N3O2S. The van der Waals surface area contributed by atoms with Crippen molar-refractivity contribution in [2.75, 3.05) is 6.26 Å². The lowest BCUT2D eigenvalue weighted by Gasteiger charge is -2.14. The van der Waals surface area contributed by atoms with Gasteiger partial charge in [0.2, 0.25) is 0 Å². The van der Waals surface area contributed by atoms with Gasteiger partial charge >= 0.3 is 0 Å². The Morgan fingerprint density at radius 2 is 1.95 bits per heavy atom. The van der Waals surface area contributed by atoms with Gasteiger partial charge in [0, 0.05) is 6.26 Å². The third-order valence-corrected chi connectivity index (χ3v) is 4.32. The first-order valence-electron chi connectivity index (χ1n) is 6.15. The summed E-state index contributed by atoms with van der Waals surface area (Å²) < 4.78 is 22.8. The van der Waals surface area contributed by atoms with Gasteiger partial charge in [-0.2, -0.15) is 15.4 Å².